The summed E-state index contributed by atoms with van der Waals surface area (Å²) in [5.74, 6) is 0.291. The molecule has 1 aliphatic rings. The molecule has 4 heteroatoms. The van der Waals surface area contributed by atoms with Crippen molar-refractivity contribution in [2.45, 2.75) is 31.8 Å². The van der Waals surface area contributed by atoms with Crippen LogP contribution in [-0.2, 0) is 16.0 Å². The summed E-state index contributed by atoms with van der Waals surface area (Å²) in [4.78, 5) is 11.6. The zero-order valence-electron chi connectivity index (χ0n) is 10.4. The molecule has 1 aromatic rings. The summed E-state index contributed by atoms with van der Waals surface area (Å²) in [6, 6.07) is 7.21. The SMILES string of the molecule is O=C(NCCCc1cccc(O)c1)C1CCCO1. The summed E-state index contributed by atoms with van der Waals surface area (Å²) in [7, 11) is 0. The van der Waals surface area contributed by atoms with Crippen LogP contribution < -0.4 is 5.32 Å². The molecule has 2 N–H and O–H groups in total. The molecule has 0 bridgehead atoms. The molecular weight excluding hydrogens is 230 g/mol. The molecule has 98 valence electrons. The third-order valence-corrected chi connectivity index (χ3v) is 3.07. The highest BCUT2D eigenvalue weighted by molar-refractivity contribution is 5.80. The molecule has 1 aromatic carbocycles. The Hall–Kier alpha value is -1.55. The third kappa shape index (κ3) is 3.74. The van der Waals surface area contributed by atoms with Gasteiger partial charge >= 0.3 is 0 Å². The number of ether oxygens (including phenoxy) is 1. The molecular formula is C14H19NO3. The number of rotatable bonds is 5. The van der Waals surface area contributed by atoms with Gasteiger partial charge in [-0.15, -0.1) is 0 Å². The first-order chi connectivity index (χ1) is 8.75. The molecule has 0 saturated carbocycles. The van der Waals surface area contributed by atoms with Crippen LogP contribution in [0.15, 0.2) is 24.3 Å². The van der Waals surface area contributed by atoms with Crippen LogP contribution in [0.5, 0.6) is 5.75 Å². The van der Waals surface area contributed by atoms with Crippen LogP contribution in [0.4, 0.5) is 0 Å². The van der Waals surface area contributed by atoms with Crippen LogP contribution in [0.3, 0.4) is 0 Å². The Kier molecular flexibility index (Phi) is 4.59. The lowest BCUT2D eigenvalue weighted by atomic mass is 10.1. The molecule has 4 nitrogen and oxygen atoms in total. The Morgan fingerprint density at radius 1 is 1.50 bits per heavy atom. The minimum Gasteiger partial charge on any atom is -0.508 e. The fourth-order valence-corrected chi connectivity index (χ4v) is 2.11. The Labute approximate surface area is 107 Å². The summed E-state index contributed by atoms with van der Waals surface area (Å²) < 4.78 is 5.30. The first-order valence-electron chi connectivity index (χ1n) is 6.43. The molecule has 1 fully saturated rings. The summed E-state index contributed by atoms with van der Waals surface area (Å²) in [5, 5.41) is 12.2. The number of aromatic hydroxyl groups is 1. The maximum atomic E-state index is 11.6. The molecule has 0 aromatic heterocycles. The normalized spacial score (nSPS) is 18.8. The Morgan fingerprint density at radius 2 is 2.39 bits per heavy atom. The number of benzene rings is 1. The van der Waals surface area contributed by atoms with E-state index in [1.807, 2.05) is 12.1 Å². The fraction of sp³-hybridized carbons (Fsp3) is 0.500. The van der Waals surface area contributed by atoms with Crippen molar-refractivity contribution in [2.24, 2.45) is 0 Å². The van der Waals surface area contributed by atoms with Gasteiger partial charge in [-0.3, -0.25) is 4.79 Å². The zero-order valence-corrected chi connectivity index (χ0v) is 10.4. The van der Waals surface area contributed by atoms with E-state index in [2.05, 4.69) is 5.32 Å². The summed E-state index contributed by atoms with van der Waals surface area (Å²) >= 11 is 0. The summed E-state index contributed by atoms with van der Waals surface area (Å²) in [5.41, 5.74) is 1.08. The fourth-order valence-electron chi connectivity index (χ4n) is 2.11. The third-order valence-electron chi connectivity index (χ3n) is 3.07. The highest BCUT2D eigenvalue weighted by Crippen LogP contribution is 2.13. The number of amides is 1. The number of nitrogens with one attached hydrogen (secondary N) is 1. The van der Waals surface area contributed by atoms with E-state index in [0.29, 0.717) is 13.2 Å². The van der Waals surface area contributed by atoms with Crippen molar-refractivity contribution in [3.8, 4) is 5.75 Å². The predicted octanol–water partition coefficient (Wildman–Crippen LogP) is 1.62. The molecule has 0 spiro atoms. The van der Waals surface area contributed by atoms with Gasteiger partial charge in [-0.1, -0.05) is 12.1 Å². The smallest absolute Gasteiger partial charge is 0.249 e. The molecule has 1 aliphatic heterocycles. The molecule has 18 heavy (non-hydrogen) atoms. The Balaban J connectivity index is 1.65. The van der Waals surface area contributed by atoms with Gasteiger partial charge in [-0.05, 0) is 43.4 Å². The number of phenols is 1. The molecule has 1 heterocycles. The van der Waals surface area contributed by atoms with Gasteiger partial charge < -0.3 is 15.2 Å². The number of phenolic OH excluding ortho intramolecular Hbond substituents is 1. The highest BCUT2D eigenvalue weighted by Gasteiger charge is 2.22. The van der Waals surface area contributed by atoms with Crippen LogP contribution >= 0.6 is 0 Å². The first kappa shape index (κ1) is 12.9. The topological polar surface area (TPSA) is 58.6 Å². The quantitative estimate of drug-likeness (QED) is 0.780. The maximum Gasteiger partial charge on any atom is 0.249 e. The van der Waals surface area contributed by atoms with Gasteiger partial charge in [0.25, 0.3) is 0 Å². The number of aryl methyl sites for hydroxylation is 1. The van der Waals surface area contributed by atoms with E-state index in [0.717, 1.165) is 31.2 Å². The standard InChI is InChI=1S/C14H19NO3/c16-12-6-1-4-11(10-12)5-2-8-15-14(17)13-7-3-9-18-13/h1,4,6,10,13,16H,2-3,5,7-9H2,(H,15,17). The Morgan fingerprint density at radius 3 is 3.11 bits per heavy atom. The monoisotopic (exact) mass is 249 g/mol. The molecule has 1 amide bonds. The largest absolute Gasteiger partial charge is 0.508 e. The number of carbonyl (C=O) groups excluding carboxylic acids is 1. The average molecular weight is 249 g/mol. The summed E-state index contributed by atoms with van der Waals surface area (Å²) in [6.45, 7) is 1.34. The van der Waals surface area contributed by atoms with Crippen LogP contribution in [0.1, 0.15) is 24.8 Å². The van der Waals surface area contributed by atoms with E-state index >= 15 is 0 Å². The van der Waals surface area contributed by atoms with Crippen molar-refractivity contribution >= 4 is 5.91 Å². The van der Waals surface area contributed by atoms with E-state index in [4.69, 9.17) is 4.74 Å². The van der Waals surface area contributed by atoms with Gasteiger partial charge in [-0.25, -0.2) is 0 Å². The van der Waals surface area contributed by atoms with Crippen LogP contribution in [0.2, 0.25) is 0 Å². The lowest BCUT2D eigenvalue weighted by Gasteiger charge is -2.10. The van der Waals surface area contributed by atoms with Gasteiger partial charge in [-0.2, -0.15) is 0 Å². The van der Waals surface area contributed by atoms with Crippen molar-refractivity contribution in [3.05, 3.63) is 29.8 Å². The maximum absolute atomic E-state index is 11.6. The van der Waals surface area contributed by atoms with Crippen molar-refractivity contribution < 1.29 is 14.6 Å². The van der Waals surface area contributed by atoms with Crippen molar-refractivity contribution in [1.29, 1.82) is 0 Å². The van der Waals surface area contributed by atoms with Gasteiger partial charge in [0.1, 0.15) is 11.9 Å². The Bertz CT molecular complexity index is 400. The zero-order chi connectivity index (χ0) is 12.8. The van der Waals surface area contributed by atoms with Gasteiger partial charge in [0.2, 0.25) is 5.91 Å². The molecule has 1 atom stereocenters. The van der Waals surface area contributed by atoms with Gasteiger partial charge in [0.05, 0.1) is 0 Å². The molecule has 1 saturated heterocycles. The van der Waals surface area contributed by atoms with Gasteiger partial charge in [0, 0.05) is 13.2 Å². The van der Waals surface area contributed by atoms with E-state index in [-0.39, 0.29) is 17.8 Å². The highest BCUT2D eigenvalue weighted by atomic mass is 16.5. The minimum atomic E-state index is -0.245. The lowest BCUT2D eigenvalue weighted by molar-refractivity contribution is -0.130. The molecule has 0 aliphatic carbocycles. The molecule has 0 radical (unpaired) electrons. The van der Waals surface area contributed by atoms with Gasteiger partial charge in [0.15, 0.2) is 0 Å². The second kappa shape index (κ2) is 6.40. The molecule has 2 rings (SSSR count). The number of hydrogen-bond donors (Lipinski definition) is 2. The molecule has 1 unspecified atom stereocenters. The second-order valence-electron chi connectivity index (χ2n) is 4.57. The van der Waals surface area contributed by atoms with Crippen LogP contribution in [0.25, 0.3) is 0 Å². The van der Waals surface area contributed by atoms with E-state index in [1.165, 1.54) is 0 Å². The lowest BCUT2D eigenvalue weighted by Crippen LogP contribution is -2.34. The number of hydrogen-bond acceptors (Lipinski definition) is 3. The van der Waals surface area contributed by atoms with E-state index in [9.17, 15) is 9.90 Å². The number of carbonyl (C=O) groups is 1. The van der Waals surface area contributed by atoms with Crippen molar-refractivity contribution in [3.63, 3.8) is 0 Å². The van der Waals surface area contributed by atoms with Crippen LogP contribution in [-0.4, -0.2) is 30.3 Å². The average Bonchev–Trinajstić information content (AvgIpc) is 2.88. The van der Waals surface area contributed by atoms with E-state index in [1.54, 1.807) is 12.1 Å². The first-order valence-corrected chi connectivity index (χ1v) is 6.43. The van der Waals surface area contributed by atoms with Crippen molar-refractivity contribution in [2.75, 3.05) is 13.2 Å². The summed E-state index contributed by atoms with van der Waals surface area (Å²) in [6.07, 6.45) is 3.27. The van der Waals surface area contributed by atoms with E-state index < -0.39 is 0 Å². The van der Waals surface area contributed by atoms with Crippen LogP contribution in [0, 0.1) is 0 Å². The second-order valence-corrected chi connectivity index (χ2v) is 4.57. The predicted molar refractivity (Wildman–Crippen MR) is 68.4 cm³/mol. The van der Waals surface area contributed by atoms with Crippen molar-refractivity contribution in [1.82, 2.24) is 5.32 Å². The minimum absolute atomic E-state index is 0.00316.